The smallest absolute Gasteiger partial charge is 0.338 e. The highest BCUT2D eigenvalue weighted by molar-refractivity contribution is 5.97. The number of carbonyl (C=O) groups is 2. The monoisotopic (exact) mass is 407 g/mol. The quantitative estimate of drug-likeness (QED) is 0.515. The van der Waals surface area contributed by atoms with E-state index in [0.29, 0.717) is 36.0 Å². The molecule has 0 spiro atoms. The summed E-state index contributed by atoms with van der Waals surface area (Å²) in [6.07, 6.45) is 0.863. The molecule has 0 saturated heterocycles. The van der Waals surface area contributed by atoms with Gasteiger partial charge in [-0.2, -0.15) is 0 Å². The van der Waals surface area contributed by atoms with Crippen LogP contribution in [0.15, 0.2) is 60.7 Å². The van der Waals surface area contributed by atoms with Gasteiger partial charge >= 0.3 is 5.97 Å². The first kappa shape index (κ1) is 21.2. The summed E-state index contributed by atoms with van der Waals surface area (Å²) in [4.78, 5) is 24.6. The number of benzene rings is 3. The van der Waals surface area contributed by atoms with Crippen molar-refractivity contribution in [3.63, 3.8) is 0 Å². The molecule has 6 heteroatoms. The van der Waals surface area contributed by atoms with E-state index in [1.165, 1.54) is 0 Å². The molecule has 6 nitrogen and oxygen atoms in total. The summed E-state index contributed by atoms with van der Waals surface area (Å²) in [5.41, 5.74) is 0.937. The molecule has 30 heavy (non-hydrogen) atoms. The average molecular weight is 407 g/mol. The number of ether oxygens (including phenoxy) is 3. The van der Waals surface area contributed by atoms with Crippen LogP contribution in [0.5, 0.6) is 11.5 Å². The van der Waals surface area contributed by atoms with Crippen LogP contribution < -0.4 is 14.8 Å². The van der Waals surface area contributed by atoms with Gasteiger partial charge in [0.1, 0.15) is 0 Å². The first-order valence-corrected chi connectivity index (χ1v) is 9.96. The van der Waals surface area contributed by atoms with Crippen LogP contribution in [-0.2, 0) is 9.53 Å². The maximum atomic E-state index is 12.4. The molecule has 3 rings (SSSR count). The van der Waals surface area contributed by atoms with E-state index in [4.69, 9.17) is 14.2 Å². The molecule has 0 aliphatic carbocycles. The Morgan fingerprint density at radius 1 is 0.867 bits per heavy atom. The molecule has 0 aliphatic heterocycles. The first-order chi connectivity index (χ1) is 14.6. The number of amides is 1. The third kappa shape index (κ3) is 5.50. The fourth-order valence-corrected chi connectivity index (χ4v) is 2.91. The van der Waals surface area contributed by atoms with Crippen molar-refractivity contribution in [1.29, 1.82) is 0 Å². The Hall–Kier alpha value is -3.54. The van der Waals surface area contributed by atoms with Crippen LogP contribution in [0.3, 0.4) is 0 Å². The first-order valence-electron chi connectivity index (χ1n) is 9.96. The summed E-state index contributed by atoms with van der Waals surface area (Å²) >= 11 is 0. The summed E-state index contributed by atoms with van der Waals surface area (Å²) in [6.45, 7) is 4.47. The van der Waals surface area contributed by atoms with E-state index in [-0.39, 0.29) is 6.61 Å². The lowest BCUT2D eigenvalue weighted by Crippen LogP contribution is -2.21. The summed E-state index contributed by atoms with van der Waals surface area (Å²) in [6, 6.07) is 18.3. The lowest BCUT2D eigenvalue weighted by Gasteiger charge is -2.13. The molecule has 0 saturated carbocycles. The molecule has 0 radical (unpaired) electrons. The van der Waals surface area contributed by atoms with E-state index in [0.717, 1.165) is 17.2 Å². The summed E-state index contributed by atoms with van der Waals surface area (Å²) < 4.78 is 16.3. The number of hydrogen-bond donors (Lipinski definition) is 1. The number of rotatable bonds is 9. The van der Waals surface area contributed by atoms with Gasteiger partial charge in [-0.3, -0.25) is 4.79 Å². The number of hydrogen-bond acceptors (Lipinski definition) is 5. The van der Waals surface area contributed by atoms with Gasteiger partial charge in [0.25, 0.3) is 5.91 Å². The van der Waals surface area contributed by atoms with Crippen molar-refractivity contribution in [2.45, 2.75) is 20.3 Å². The number of carbonyl (C=O) groups excluding carboxylic acids is 2. The molecule has 3 aromatic carbocycles. The average Bonchev–Trinajstić information content (AvgIpc) is 2.76. The molecule has 3 aromatic rings. The number of nitrogens with one attached hydrogen (secondary N) is 1. The Balaban J connectivity index is 1.59. The minimum atomic E-state index is -0.605. The van der Waals surface area contributed by atoms with E-state index in [9.17, 15) is 9.59 Å². The molecule has 0 aromatic heterocycles. The van der Waals surface area contributed by atoms with Gasteiger partial charge in [0.2, 0.25) is 0 Å². The largest absolute Gasteiger partial charge is 0.490 e. The zero-order valence-electron chi connectivity index (χ0n) is 17.1. The van der Waals surface area contributed by atoms with Gasteiger partial charge in [-0.05, 0) is 54.4 Å². The van der Waals surface area contributed by atoms with Gasteiger partial charge in [-0.1, -0.05) is 37.3 Å². The van der Waals surface area contributed by atoms with Crippen molar-refractivity contribution in [2.24, 2.45) is 0 Å². The topological polar surface area (TPSA) is 73.9 Å². The number of esters is 1. The zero-order chi connectivity index (χ0) is 21.3. The number of fused-ring (bicyclic) bond motifs is 1. The highest BCUT2D eigenvalue weighted by Gasteiger charge is 2.14. The van der Waals surface area contributed by atoms with Crippen LogP contribution in [0.1, 0.15) is 30.6 Å². The van der Waals surface area contributed by atoms with Gasteiger partial charge in [0.15, 0.2) is 18.1 Å². The molecule has 0 bridgehead atoms. The molecule has 0 unspecified atom stereocenters. The predicted octanol–water partition coefficient (Wildman–Crippen LogP) is 4.82. The highest BCUT2D eigenvalue weighted by atomic mass is 16.5. The van der Waals surface area contributed by atoms with Crippen LogP contribution in [0, 0.1) is 0 Å². The second-order valence-corrected chi connectivity index (χ2v) is 6.63. The molecular weight excluding hydrogens is 382 g/mol. The maximum Gasteiger partial charge on any atom is 0.338 e. The molecule has 0 aliphatic rings. The van der Waals surface area contributed by atoms with Crippen molar-refractivity contribution in [3.8, 4) is 11.5 Å². The Bertz CT molecular complexity index is 1030. The molecule has 0 heterocycles. The van der Waals surface area contributed by atoms with E-state index in [1.54, 1.807) is 18.2 Å². The summed E-state index contributed by atoms with van der Waals surface area (Å²) in [7, 11) is 0. The van der Waals surface area contributed by atoms with E-state index < -0.39 is 11.9 Å². The lowest BCUT2D eigenvalue weighted by atomic mass is 10.1. The van der Waals surface area contributed by atoms with Crippen LogP contribution in [0.4, 0.5) is 5.69 Å². The SMILES string of the molecule is CCCOc1ccc(C(=O)OCC(=O)Nc2ccc3ccccc3c2)cc1OCC. The third-order valence-corrected chi connectivity index (χ3v) is 4.31. The van der Waals surface area contributed by atoms with Gasteiger partial charge in [-0.15, -0.1) is 0 Å². The van der Waals surface area contributed by atoms with Gasteiger partial charge in [0, 0.05) is 5.69 Å². The second-order valence-electron chi connectivity index (χ2n) is 6.63. The summed E-state index contributed by atoms with van der Waals surface area (Å²) in [5.74, 6) is 0.0310. The standard InChI is InChI=1S/C24H25NO5/c1-3-13-29-21-12-10-19(15-22(21)28-4-2)24(27)30-16-23(26)25-20-11-9-17-7-5-6-8-18(17)14-20/h5-12,14-15H,3-4,13,16H2,1-2H3,(H,25,26). The molecule has 0 atom stereocenters. The van der Waals surface area contributed by atoms with Crippen LogP contribution in [-0.4, -0.2) is 31.7 Å². The molecule has 0 fully saturated rings. The minimum absolute atomic E-state index is 0.292. The minimum Gasteiger partial charge on any atom is -0.490 e. The van der Waals surface area contributed by atoms with E-state index in [1.807, 2.05) is 56.3 Å². The van der Waals surface area contributed by atoms with Crippen molar-refractivity contribution in [1.82, 2.24) is 0 Å². The number of anilines is 1. The van der Waals surface area contributed by atoms with Crippen LogP contribution in [0.25, 0.3) is 10.8 Å². The highest BCUT2D eigenvalue weighted by Crippen LogP contribution is 2.29. The van der Waals surface area contributed by atoms with Crippen LogP contribution in [0.2, 0.25) is 0 Å². The fourth-order valence-electron chi connectivity index (χ4n) is 2.91. The van der Waals surface area contributed by atoms with Crippen molar-refractivity contribution in [2.75, 3.05) is 25.1 Å². The Morgan fingerprint density at radius 3 is 2.43 bits per heavy atom. The second kappa shape index (κ2) is 10.3. The van der Waals surface area contributed by atoms with Gasteiger partial charge < -0.3 is 19.5 Å². The predicted molar refractivity (Wildman–Crippen MR) is 116 cm³/mol. The van der Waals surface area contributed by atoms with Crippen molar-refractivity contribution in [3.05, 3.63) is 66.2 Å². The van der Waals surface area contributed by atoms with E-state index in [2.05, 4.69) is 5.32 Å². The zero-order valence-corrected chi connectivity index (χ0v) is 17.1. The third-order valence-electron chi connectivity index (χ3n) is 4.31. The van der Waals surface area contributed by atoms with Crippen LogP contribution >= 0.6 is 0 Å². The van der Waals surface area contributed by atoms with Crippen molar-refractivity contribution < 1.29 is 23.8 Å². The fraction of sp³-hybridized carbons (Fsp3) is 0.250. The van der Waals surface area contributed by atoms with Crippen molar-refractivity contribution >= 4 is 28.3 Å². The maximum absolute atomic E-state index is 12.4. The Morgan fingerprint density at radius 2 is 1.67 bits per heavy atom. The van der Waals surface area contributed by atoms with Gasteiger partial charge in [0.05, 0.1) is 18.8 Å². The molecule has 1 amide bonds. The molecule has 156 valence electrons. The molecule has 1 N–H and O–H groups in total. The van der Waals surface area contributed by atoms with E-state index >= 15 is 0 Å². The lowest BCUT2D eigenvalue weighted by molar-refractivity contribution is -0.119. The normalized spacial score (nSPS) is 10.5. The Kier molecular flexibility index (Phi) is 7.27. The molecular formula is C24H25NO5. The Labute approximate surface area is 175 Å². The van der Waals surface area contributed by atoms with Gasteiger partial charge in [-0.25, -0.2) is 4.79 Å². The summed E-state index contributed by atoms with van der Waals surface area (Å²) in [5, 5.41) is 4.84.